The van der Waals surface area contributed by atoms with Crippen molar-refractivity contribution in [3.05, 3.63) is 95.3 Å². The fourth-order valence-electron chi connectivity index (χ4n) is 2.64. The van der Waals surface area contributed by atoms with Crippen molar-refractivity contribution in [2.75, 3.05) is 11.9 Å². The Morgan fingerprint density at radius 1 is 0.962 bits per heavy atom. The van der Waals surface area contributed by atoms with Crippen LogP contribution in [-0.4, -0.2) is 17.4 Å². The Bertz CT molecular complexity index is 845. The highest BCUT2D eigenvalue weighted by Gasteiger charge is 2.06. The molecule has 132 valence electrons. The molecule has 4 nitrogen and oxygen atoms in total. The Kier molecular flexibility index (Phi) is 5.99. The molecule has 2 aromatic carbocycles. The lowest BCUT2D eigenvalue weighted by atomic mass is 10.1. The van der Waals surface area contributed by atoms with Crippen LogP contribution in [0.25, 0.3) is 0 Å². The third-order valence-corrected chi connectivity index (χ3v) is 4.16. The first kappa shape index (κ1) is 17.7. The van der Waals surface area contributed by atoms with Crippen LogP contribution < -0.4 is 10.6 Å². The maximum atomic E-state index is 12.3. The third kappa shape index (κ3) is 5.18. The molecule has 0 unspecified atom stereocenters. The molecular formula is C22H23N3O. The van der Waals surface area contributed by atoms with Crippen LogP contribution in [0.2, 0.25) is 0 Å². The van der Waals surface area contributed by atoms with E-state index in [0.717, 1.165) is 12.1 Å². The van der Waals surface area contributed by atoms with E-state index in [2.05, 4.69) is 58.9 Å². The summed E-state index contributed by atoms with van der Waals surface area (Å²) in [7, 11) is 0. The normalized spacial score (nSPS) is 10.3. The summed E-state index contributed by atoms with van der Waals surface area (Å²) in [6.45, 7) is 3.37. The van der Waals surface area contributed by atoms with Crippen LogP contribution in [0.4, 0.5) is 5.69 Å². The number of rotatable bonds is 7. The lowest BCUT2D eigenvalue weighted by Crippen LogP contribution is -2.25. The molecule has 26 heavy (non-hydrogen) atoms. The zero-order valence-electron chi connectivity index (χ0n) is 14.9. The van der Waals surface area contributed by atoms with Gasteiger partial charge in [0.05, 0.1) is 11.3 Å². The van der Waals surface area contributed by atoms with E-state index < -0.39 is 0 Å². The topological polar surface area (TPSA) is 54.0 Å². The van der Waals surface area contributed by atoms with Crippen molar-refractivity contribution in [3.63, 3.8) is 0 Å². The summed E-state index contributed by atoms with van der Waals surface area (Å²) in [6.07, 6.45) is 4.13. The number of carbonyl (C=O) groups excluding carboxylic acids is 1. The van der Waals surface area contributed by atoms with Crippen LogP contribution in [0.1, 0.15) is 27.0 Å². The molecule has 4 heteroatoms. The summed E-state index contributed by atoms with van der Waals surface area (Å²) in [4.78, 5) is 16.5. The number of hydrogen-bond acceptors (Lipinski definition) is 3. The Morgan fingerprint density at radius 3 is 2.50 bits per heavy atom. The van der Waals surface area contributed by atoms with Crippen molar-refractivity contribution in [1.29, 1.82) is 0 Å². The number of nitrogens with zero attached hydrogens (tertiary/aromatic N) is 1. The largest absolute Gasteiger partial charge is 0.380 e. The molecule has 0 spiro atoms. The van der Waals surface area contributed by atoms with E-state index in [-0.39, 0.29) is 5.91 Å². The van der Waals surface area contributed by atoms with Gasteiger partial charge in [-0.3, -0.25) is 9.78 Å². The predicted octanol–water partition coefficient (Wildman–Crippen LogP) is 3.97. The quantitative estimate of drug-likeness (QED) is 0.681. The van der Waals surface area contributed by atoms with Gasteiger partial charge in [0, 0.05) is 25.5 Å². The van der Waals surface area contributed by atoms with Crippen molar-refractivity contribution in [2.24, 2.45) is 0 Å². The fraction of sp³-hybridized carbons (Fsp3) is 0.182. The summed E-state index contributed by atoms with van der Waals surface area (Å²) >= 11 is 0. The zero-order chi connectivity index (χ0) is 18.2. The van der Waals surface area contributed by atoms with Crippen molar-refractivity contribution in [3.8, 4) is 0 Å². The van der Waals surface area contributed by atoms with Gasteiger partial charge in [0.1, 0.15) is 0 Å². The van der Waals surface area contributed by atoms with E-state index in [9.17, 15) is 4.79 Å². The summed E-state index contributed by atoms with van der Waals surface area (Å²) in [5.74, 6) is -0.104. The number of carbonyl (C=O) groups is 1. The number of aryl methyl sites for hydroxylation is 1. The number of benzene rings is 2. The molecule has 0 aliphatic heterocycles. The van der Waals surface area contributed by atoms with E-state index >= 15 is 0 Å². The second-order valence-electron chi connectivity index (χ2n) is 6.29. The minimum atomic E-state index is -0.104. The highest BCUT2D eigenvalue weighted by Crippen LogP contribution is 2.11. The molecule has 0 saturated heterocycles. The fourth-order valence-corrected chi connectivity index (χ4v) is 2.64. The van der Waals surface area contributed by atoms with E-state index in [1.165, 1.54) is 16.7 Å². The van der Waals surface area contributed by atoms with Crippen LogP contribution in [0.5, 0.6) is 0 Å². The molecule has 0 aliphatic carbocycles. The van der Waals surface area contributed by atoms with Gasteiger partial charge in [0.25, 0.3) is 5.91 Å². The molecule has 0 bridgehead atoms. The molecule has 3 aromatic rings. The van der Waals surface area contributed by atoms with Gasteiger partial charge in [-0.2, -0.15) is 0 Å². The average Bonchev–Trinajstić information content (AvgIpc) is 2.68. The van der Waals surface area contributed by atoms with Crippen molar-refractivity contribution in [2.45, 2.75) is 19.9 Å². The van der Waals surface area contributed by atoms with Gasteiger partial charge in [-0.25, -0.2) is 0 Å². The maximum Gasteiger partial charge on any atom is 0.252 e. The van der Waals surface area contributed by atoms with Crippen LogP contribution in [0.15, 0.2) is 73.1 Å². The number of amides is 1. The lowest BCUT2D eigenvalue weighted by Gasteiger charge is -2.09. The van der Waals surface area contributed by atoms with Gasteiger partial charge in [-0.1, -0.05) is 60.2 Å². The summed E-state index contributed by atoms with van der Waals surface area (Å²) in [6, 6.07) is 20.3. The van der Waals surface area contributed by atoms with Gasteiger partial charge in [0.15, 0.2) is 0 Å². The van der Waals surface area contributed by atoms with E-state index in [1.54, 1.807) is 12.4 Å². The van der Waals surface area contributed by atoms with Crippen LogP contribution in [0, 0.1) is 6.92 Å². The maximum absolute atomic E-state index is 12.3. The molecule has 1 amide bonds. The van der Waals surface area contributed by atoms with E-state index in [1.807, 2.05) is 24.3 Å². The molecule has 2 N–H and O–H groups in total. The highest BCUT2D eigenvalue weighted by atomic mass is 16.1. The Labute approximate surface area is 154 Å². The standard InChI is InChI=1S/C22H23N3O/c1-17-7-9-19(10-8-17)14-25-21-13-20(15-23-16-21)22(26)24-12-11-18-5-3-2-4-6-18/h2-10,13,15-16,25H,11-12,14H2,1H3,(H,24,26). The van der Waals surface area contributed by atoms with Gasteiger partial charge in [0.2, 0.25) is 0 Å². The minimum absolute atomic E-state index is 0.104. The molecule has 1 heterocycles. The summed E-state index contributed by atoms with van der Waals surface area (Å²) in [5, 5.41) is 6.26. The first-order valence-corrected chi connectivity index (χ1v) is 8.77. The number of anilines is 1. The number of nitrogens with one attached hydrogen (secondary N) is 2. The van der Waals surface area contributed by atoms with Gasteiger partial charge < -0.3 is 10.6 Å². The number of pyridine rings is 1. The molecule has 0 aliphatic rings. The molecule has 0 atom stereocenters. The monoisotopic (exact) mass is 345 g/mol. The lowest BCUT2D eigenvalue weighted by molar-refractivity contribution is 0.0954. The highest BCUT2D eigenvalue weighted by molar-refractivity contribution is 5.94. The van der Waals surface area contributed by atoms with E-state index in [0.29, 0.717) is 18.7 Å². The Hall–Kier alpha value is -3.14. The van der Waals surface area contributed by atoms with Crippen molar-refractivity contribution < 1.29 is 4.79 Å². The molecule has 0 radical (unpaired) electrons. The Morgan fingerprint density at radius 2 is 1.73 bits per heavy atom. The zero-order valence-corrected chi connectivity index (χ0v) is 14.9. The first-order valence-electron chi connectivity index (χ1n) is 8.77. The average molecular weight is 345 g/mol. The van der Waals surface area contributed by atoms with Crippen molar-refractivity contribution in [1.82, 2.24) is 10.3 Å². The molecule has 3 rings (SSSR count). The third-order valence-electron chi connectivity index (χ3n) is 4.16. The van der Waals surface area contributed by atoms with Gasteiger partial charge >= 0.3 is 0 Å². The molecular weight excluding hydrogens is 322 g/mol. The minimum Gasteiger partial charge on any atom is -0.380 e. The Balaban J connectivity index is 1.52. The van der Waals surface area contributed by atoms with Crippen molar-refractivity contribution >= 4 is 11.6 Å². The number of hydrogen-bond donors (Lipinski definition) is 2. The molecule has 1 aromatic heterocycles. The van der Waals surface area contributed by atoms with Crippen LogP contribution >= 0.6 is 0 Å². The SMILES string of the molecule is Cc1ccc(CNc2cncc(C(=O)NCCc3ccccc3)c2)cc1. The molecule has 0 saturated carbocycles. The van der Waals surface area contributed by atoms with Crippen LogP contribution in [-0.2, 0) is 13.0 Å². The predicted molar refractivity (Wildman–Crippen MR) is 105 cm³/mol. The second kappa shape index (κ2) is 8.81. The molecule has 0 fully saturated rings. The van der Waals surface area contributed by atoms with Gasteiger partial charge in [-0.05, 0) is 30.5 Å². The summed E-state index contributed by atoms with van der Waals surface area (Å²) in [5.41, 5.74) is 5.03. The number of aromatic nitrogens is 1. The summed E-state index contributed by atoms with van der Waals surface area (Å²) < 4.78 is 0. The van der Waals surface area contributed by atoms with Crippen LogP contribution in [0.3, 0.4) is 0 Å². The van der Waals surface area contributed by atoms with Gasteiger partial charge in [-0.15, -0.1) is 0 Å². The first-order chi connectivity index (χ1) is 12.7. The smallest absolute Gasteiger partial charge is 0.252 e. The second-order valence-corrected chi connectivity index (χ2v) is 6.29. The van der Waals surface area contributed by atoms with E-state index in [4.69, 9.17) is 0 Å².